The van der Waals surface area contributed by atoms with E-state index in [1.54, 1.807) is 0 Å². The lowest BCUT2D eigenvalue weighted by Gasteiger charge is -2.12. The molecule has 0 aliphatic heterocycles. The number of hydrogen-bond donors (Lipinski definition) is 0. The number of hydrogen-bond acceptors (Lipinski definition) is 2. The Bertz CT molecular complexity index is 532. The Hall–Kier alpha value is -1.81. The van der Waals surface area contributed by atoms with Gasteiger partial charge in [-0.1, -0.05) is 41.9 Å². The molecule has 0 amide bonds. The van der Waals surface area contributed by atoms with E-state index in [1.807, 2.05) is 30.3 Å². The molecule has 0 fully saturated rings. The predicted molar refractivity (Wildman–Crippen MR) is 68.9 cm³/mol. The molecule has 19 heavy (non-hydrogen) atoms. The fourth-order valence-electron chi connectivity index (χ4n) is 1.52. The maximum atomic E-state index is 12.3. The second-order valence-electron chi connectivity index (χ2n) is 3.74. The maximum Gasteiger partial charge on any atom is 0.387 e. The van der Waals surface area contributed by atoms with Gasteiger partial charge in [0, 0.05) is 11.1 Å². The topological polar surface area (TPSA) is 18.5 Å². The molecule has 2 aromatic rings. The molecule has 2 aromatic carbocycles. The minimum atomic E-state index is -2.90. The molecule has 100 valence electrons. The molecule has 0 saturated carbocycles. The van der Waals surface area contributed by atoms with Crippen LogP contribution in [0.25, 0.3) is 0 Å². The number of alkyl halides is 2. The summed E-state index contributed by atoms with van der Waals surface area (Å²) in [6.07, 6.45) is 0. The van der Waals surface area contributed by atoms with Crippen LogP contribution in [0.5, 0.6) is 11.5 Å². The molecule has 2 rings (SSSR count). The Balaban J connectivity index is 2.12. The standard InChI is InChI=1S/C14H11ClF2O2/c15-11-6-7-12(19-14(16)17)13(8-11)18-9-10-4-2-1-3-5-10/h1-8,14H,9H2. The Kier molecular flexibility index (Phi) is 4.58. The van der Waals surface area contributed by atoms with Crippen LogP contribution in [0.4, 0.5) is 8.78 Å². The van der Waals surface area contributed by atoms with Crippen LogP contribution < -0.4 is 9.47 Å². The molecule has 0 unspecified atom stereocenters. The molecular formula is C14H11ClF2O2. The van der Waals surface area contributed by atoms with Gasteiger partial charge < -0.3 is 9.47 Å². The van der Waals surface area contributed by atoms with Crippen LogP contribution in [-0.2, 0) is 6.61 Å². The Morgan fingerprint density at radius 3 is 2.42 bits per heavy atom. The van der Waals surface area contributed by atoms with Crippen LogP contribution in [0.1, 0.15) is 5.56 Å². The lowest BCUT2D eigenvalue weighted by molar-refractivity contribution is -0.0515. The van der Waals surface area contributed by atoms with Gasteiger partial charge in [-0.3, -0.25) is 0 Å². The van der Waals surface area contributed by atoms with Crippen LogP contribution in [0.3, 0.4) is 0 Å². The highest BCUT2D eigenvalue weighted by atomic mass is 35.5. The summed E-state index contributed by atoms with van der Waals surface area (Å²) in [5.41, 5.74) is 0.922. The fourth-order valence-corrected chi connectivity index (χ4v) is 1.69. The molecular weight excluding hydrogens is 274 g/mol. The summed E-state index contributed by atoms with van der Waals surface area (Å²) in [4.78, 5) is 0. The van der Waals surface area contributed by atoms with Crippen molar-refractivity contribution in [1.82, 2.24) is 0 Å². The summed E-state index contributed by atoms with van der Waals surface area (Å²) in [6, 6.07) is 13.6. The summed E-state index contributed by atoms with van der Waals surface area (Å²) in [7, 11) is 0. The highest BCUT2D eigenvalue weighted by molar-refractivity contribution is 6.30. The van der Waals surface area contributed by atoms with Crippen molar-refractivity contribution in [3.63, 3.8) is 0 Å². The number of benzene rings is 2. The zero-order valence-electron chi connectivity index (χ0n) is 9.85. The van der Waals surface area contributed by atoms with Gasteiger partial charge in [-0.15, -0.1) is 0 Å². The monoisotopic (exact) mass is 284 g/mol. The molecule has 0 aliphatic carbocycles. The second-order valence-corrected chi connectivity index (χ2v) is 4.18. The molecule has 0 N–H and O–H groups in total. The van der Waals surface area contributed by atoms with E-state index in [9.17, 15) is 8.78 Å². The normalized spacial score (nSPS) is 10.5. The summed E-state index contributed by atoms with van der Waals surface area (Å²) >= 11 is 5.81. The lowest BCUT2D eigenvalue weighted by atomic mass is 10.2. The van der Waals surface area contributed by atoms with Crippen LogP contribution in [0.15, 0.2) is 48.5 Å². The van der Waals surface area contributed by atoms with E-state index in [4.69, 9.17) is 16.3 Å². The van der Waals surface area contributed by atoms with E-state index in [1.165, 1.54) is 18.2 Å². The van der Waals surface area contributed by atoms with E-state index in [2.05, 4.69) is 4.74 Å². The largest absolute Gasteiger partial charge is 0.485 e. The molecule has 0 radical (unpaired) electrons. The number of ether oxygens (including phenoxy) is 2. The zero-order valence-corrected chi connectivity index (χ0v) is 10.6. The summed E-state index contributed by atoms with van der Waals surface area (Å²) in [5, 5.41) is 0.393. The van der Waals surface area contributed by atoms with E-state index in [0.717, 1.165) is 5.56 Å². The maximum absolute atomic E-state index is 12.3. The van der Waals surface area contributed by atoms with Crippen molar-refractivity contribution >= 4 is 11.6 Å². The first-order valence-corrected chi connectivity index (χ1v) is 5.94. The SMILES string of the molecule is FC(F)Oc1ccc(Cl)cc1OCc1ccccc1. The van der Waals surface area contributed by atoms with Crippen molar-refractivity contribution in [2.24, 2.45) is 0 Å². The van der Waals surface area contributed by atoms with Gasteiger partial charge in [-0.2, -0.15) is 8.78 Å². The average Bonchev–Trinajstić information content (AvgIpc) is 2.40. The van der Waals surface area contributed by atoms with Crippen molar-refractivity contribution in [1.29, 1.82) is 0 Å². The van der Waals surface area contributed by atoms with Crippen LogP contribution in [-0.4, -0.2) is 6.61 Å². The van der Waals surface area contributed by atoms with Crippen LogP contribution in [0, 0.1) is 0 Å². The van der Waals surface area contributed by atoms with Gasteiger partial charge in [0.1, 0.15) is 6.61 Å². The van der Waals surface area contributed by atoms with E-state index >= 15 is 0 Å². The van der Waals surface area contributed by atoms with Gasteiger partial charge in [0.25, 0.3) is 0 Å². The third-order valence-electron chi connectivity index (χ3n) is 2.36. The van der Waals surface area contributed by atoms with Crippen LogP contribution >= 0.6 is 11.6 Å². The second kappa shape index (κ2) is 6.38. The molecule has 0 atom stereocenters. The highest BCUT2D eigenvalue weighted by Crippen LogP contribution is 2.32. The first kappa shape index (κ1) is 13.6. The lowest BCUT2D eigenvalue weighted by Crippen LogP contribution is -2.04. The van der Waals surface area contributed by atoms with E-state index < -0.39 is 6.61 Å². The Labute approximate surface area is 114 Å². The van der Waals surface area contributed by atoms with Crippen molar-refractivity contribution < 1.29 is 18.3 Å². The van der Waals surface area contributed by atoms with Gasteiger partial charge >= 0.3 is 6.61 Å². The predicted octanol–water partition coefficient (Wildman–Crippen LogP) is 4.52. The summed E-state index contributed by atoms with van der Waals surface area (Å²) < 4.78 is 34.3. The van der Waals surface area contributed by atoms with Crippen molar-refractivity contribution in [3.05, 3.63) is 59.1 Å². The third kappa shape index (κ3) is 4.10. The molecule has 0 saturated heterocycles. The Morgan fingerprint density at radius 1 is 1.00 bits per heavy atom. The van der Waals surface area contributed by atoms with Crippen molar-refractivity contribution in [2.45, 2.75) is 13.2 Å². The van der Waals surface area contributed by atoms with Gasteiger partial charge in [-0.25, -0.2) is 0 Å². The Morgan fingerprint density at radius 2 is 1.74 bits per heavy atom. The minimum absolute atomic E-state index is 0.0321. The van der Waals surface area contributed by atoms with Gasteiger partial charge in [0.2, 0.25) is 0 Å². The van der Waals surface area contributed by atoms with Crippen LogP contribution in [0.2, 0.25) is 5.02 Å². The van der Waals surface area contributed by atoms with Gasteiger partial charge in [0.15, 0.2) is 11.5 Å². The first-order chi connectivity index (χ1) is 9.15. The molecule has 0 bridgehead atoms. The minimum Gasteiger partial charge on any atom is -0.485 e. The zero-order chi connectivity index (χ0) is 13.7. The number of halogens is 3. The average molecular weight is 285 g/mol. The molecule has 0 aromatic heterocycles. The van der Waals surface area contributed by atoms with E-state index in [0.29, 0.717) is 5.02 Å². The van der Waals surface area contributed by atoms with E-state index in [-0.39, 0.29) is 18.1 Å². The molecule has 5 heteroatoms. The summed E-state index contributed by atoms with van der Waals surface area (Å²) in [5.74, 6) is 0.159. The van der Waals surface area contributed by atoms with Gasteiger partial charge in [0.05, 0.1) is 0 Å². The van der Waals surface area contributed by atoms with Crippen molar-refractivity contribution in [3.8, 4) is 11.5 Å². The summed E-state index contributed by atoms with van der Waals surface area (Å²) in [6.45, 7) is -2.65. The molecule has 0 spiro atoms. The first-order valence-electron chi connectivity index (χ1n) is 5.56. The molecule has 0 heterocycles. The quantitative estimate of drug-likeness (QED) is 0.803. The van der Waals surface area contributed by atoms with Gasteiger partial charge in [-0.05, 0) is 17.7 Å². The molecule has 0 aliphatic rings. The smallest absolute Gasteiger partial charge is 0.387 e. The number of rotatable bonds is 5. The third-order valence-corrected chi connectivity index (χ3v) is 2.59. The van der Waals surface area contributed by atoms with Crippen molar-refractivity contribution in [2.75, 3.05) is 0 Å². The highest BCUT2D eigenvalue weighted by Gasteiger charge is 2.11. The fraction of sp³-hybridized carbons (Fsp3) is 0.143. The molecule has 2 nitrogen and oxygen atoms in total.